The van der Waals surface area contributed by atoms with Crippen molar-refractivity contribution >= 4 is 73.6 Å². The van der Waals surface area contributed by atoms with Crippen LogP contribution in [-0.2, 0) is 32.5 Å². The second-order valence-electron chi connectivity index (χ2n) is 14.5. The average Bonchev–Trinajstić information content (AvgIpc) is 3.66. The zero-order valence-corrected chi connectivity index (χ0v) is 33.7. The predicted octanol–water partition coefficient (Wildman–Crippen LogP) is 4.56. The Morgan fingerprint density at radius 2 is 1.74 bits per heavy atom. The van der Waals surface area contributed by atoms with Gasteiger partial charge in [0.05, 0.1) is 36.6 Å². The molecule has 1 atom stereocenters. The molecular formula is C40H49ClN10O5S. The third kappa shape index (κ3) is 10.1. The van der Waals surface area contributed by atoms with Crippen LogP contribution in [-0.4, -0.2) is 94.9 Å². The number of hydrogen-bond acceptors (Lipinski definition) is 13. The molecule has 4 aromatic rings. The lowest BCUT2D eigenvalue weighted by Gasteiger charge is -2.34. The molecule has 3 aromatic carbocycles. The number of rotatable bonds is 16. The molecule has 0 bridgehead atoms. The second-order valence-corrected chi connectivity index (χ2v) is 16.8. The summed E-state index contributed by atoms with van der Waals surface area (Å²) in [7, 11) is -1.82. The van der Waals surface area contributed by atoms with E-state index in [-0.39, 0.29) is 17.9 Å². The van der Waals surface area contributed by atoms with Crippen molar-refractivity contribution in [3.05, 3.63) is 83.0 Å². The number of anilines is 7. The number of nitrogens with zero attached hydrogens (tertiary/aromatic N) is 4. The summed E-state index contributed by atoms with van der Waals surface area (Å²) in [6, 6.07) is 19.8. The van der Waals surface area contributed by atoms with Crippen LogP contribution in [0.1, 0.15) is 36.8 Å². The maximum absolute atomic E-state index is 12.5. The summed E-state index contributed by atoms with van der Waals surface area (Å²) in [6.45, 7) is 4.87. The molecule has 7 rings (SSSR count). The Morgan fingerprint density at radius 3 is 2.49 bits per heavy atom. The Morgan fingerprint density at radius 1 is 0.930 bits per heavy atom. The zero-order chi connectivity index (χ0) is 39.9. The SMILES string of the molecule is COc1cc(N2CCC(NCCNCCc3ccc(NC4CCC(=O)NC4=O)cc3)CC2)ccc1Nc1ncc(Cl)c(Nc2cccc3c2N(S(C)(=O)=O)CC3)n1. The van der Waals surface area contributed by atoms with Crippen molar-refractivity contribution in [2.24, 2.45) is 0 Å². The molecule has 1 aromatic heterocycles. The van der Waals surface area contributed by atoms with Gasteiger partial charge in [0.25, 0.3) is 0 Å². The van der Waals surface area contributed by atoms with Crippen molar-refractivity contribution in [3.8, 4) is 5.75 Å². The maximum atomic E-state index is 12.5. The predicted molar refractivity (Wildman–Crippen MR) is 225 cm³/mol. The molecule has 4 heterocycles. The topological polar surface area (TPSA) is 182 Å². The highest BCUT2D eigenvalue weighted by molar-refractivity contribution is 7.92. The largest absolute Gasteiger partial charge is 0.494 e. The Kier molecular flexibility index (Phi) is 12.6. The number of aromatic nitrogens is 2. The van der Waals surface area contributed by atoms with Gasteiger partial charge in [-0.05, 0) is 80.1 Å². The molecule has 0 spiro atoms. The molecule has 57 heavy (non-hydrogen) atoms. The van der Waals surface area contributed by atoms with Crippen molar-refractivity contribution in [2.75, 3.05) is 77.8 Å². The van der Waals surface area contributed by atoms with Gasteiger partial charge in [0, 0.05) is 62.6 Å². The normalized spacial score (nSPS) is 17.3. The molecule has 0 aliphatic carbocycles. The number of piperidine rings is 2. The van der Waals surface area contributed by atoms with Gasteiger partial charge < -0.3 is 36.2 Å². The van der Waals surface area contributed by atoms with Gasteiger partial charge in [-0.25, -0.2) is 13.4 Å². The number of carbonyl (C=O) groups excluding carboxylic acids is 2. The number of sulfonamides is 1. The first-order valence-electron chi connectivity index (χ1n) is 19.3. The number of fused-ring (bicyclic) bond motifs is 1. The highest BCUT2D eigenvalue weighted by Gasteiger charge is 2.29. The van der Waals surface area contributed by atoms with Crippen LogP contribution in [0.4, 0.5) is 40.2 Å². The number of halogens is 1. The molecular weight excluding hydrogens is 768 g/mol. The number of benzene rings is 3. The van der Waals surface area contributed by atoms with Gasteiger partial charge in [-0.15, -0.1) is 0 Å². The van der Waals surface area contributed by atoms with Gasteiger partial charge in [-0.1, -0.05) is 35.9 Å². The van der Waals surface area contributed by atoms with Crippen LogP contribution in [0.3, 0.4) is 0 Å². The molecule has 2 amide bonds. The molecule has 2 fully saturated rings. The molecule has 6 N–H and O–H groups in total. The highest BCUT2D eigenvalue weighted by Crippen LogP contribution is 2.39. The van der Waals surface area contributed by atoms with Crippen molar-refractivity contribution in [2.45, 2.75) is 50.6 Å². The lowest BCUT2D eigenvalue weighted by atomic mass is 10.0. The lowest BCUT2D eigenvalue weighted by Crippen LogP contribution is -2.47. The van der Waals surface area contributed by atoms with Crippen LogP contribution in [0.25, 0.3) is 0 Å². The first-order chi connectivity index (χ1) is 27.5. The average molecular weight is 817 g/mol. The minimum Gasteiger partial charge on any atom is -0.494 e. The molecule has 17 heteroatoms. The number of para-hydroxylation sites is 1. The van der Waals surface area contributed by atoms with Gasteiger partial charge in [-0.2, -0.15) is 4.98 Å². The number of imide groups is 1. The molecule has 0 radical (unpaired) electrons. The Hall–Kier alpha value is -5.16. The van der Waals surface area contributed by atoms with Gasteiger partial charge in [0.1, 0.15) is 16.8 Å². The number of amides is 2. The Bertz CT molecular complexity index is 2180. The fraction of sp³-hybridized carbons (Fsp3) is 0.400. The smallest absolute Gasteiger partial charge is 0.249 e. The minimum atomic E-state index is -3.45. The number of carbonyl (C=O) groups is 2. The first kappa shape index (κ1) is 40.1. The Balaban J connectivity index is 0.846. The maximum Gasteiger partial charge on any atom is 0.249 e. The fourth-order valence-corrected chi connectivity index (χ4v) is 8.57. The van der Waals surface area contributed by atoms with E-state index in [9.17, 15) is 18.0 Å². The molecule has 3 aliphatic heterocycles. The summed E-state index contributed by atoms with van der Waals surface area (Å²) in [4.78, 5) is 34.8. The fourth-order valence-electron chi connectivity index (χ4n) is 7.46. The molecule has 1 unspecified atom stereocenters. The second kappa shape index (κ2) is 18.0. The highest BCUT2D eigenvalue weighted by atomic mass is 35.5. The van der Waals surface area contributed by atoms with E-state index >= 15 is 0 Å². The summed E-state index contributed by atoms with van der Waals surface area (Å²) < 4.78 is 32.1. The van der Waals surface area contributed by atoms with E-state index in [0.717, 1.165) is 68.9 Å². The van der Waals surface area contributed by atoms with E-state index < -0.39 is 10.0 Å². The van der Waals surface area contributed by atoms with Gasteiger partial charge in [0.15, 0.2) is 5.82 Å². The van der Waals surface area contributed by atoms with Crippen LogP contribution < -0.4 is 45.8 Å². The summed E-state index contributed by atoms with van der Waals surface area (Å²) in [5.41, 5.74) is 5.99. The van der Waals surface area contributed by atoms with Gasteiger partial charge in [0.2, 0.25) is 27.8 Å². The summed E-state index contributed by atoms with van der Waals surface area (Å²) in [5.74, 6) is 0.815. The van der Waals surface area contributed by atoms with Crippen LogP contribution in [0.5, 0.6) is 5.75 Å². The van der Waals surface area contributed by atoms with Crippen molar-refractivity contribution in [1.29, 1.82) is 0 Å². The van der Waals surface area contributed by atoms with E-state index in [1.165, 1.54) is 22.3 Å². The molecule has 3 aliphatic rings. The molecule has 0 saturated carbocycles. The zero-order valence-electron chi connectivity index (χ0n) is 32.1. The minimum absolute atomic E-state index is 0.213. The number of methoxy groups -OCH3 is 1. The Labute approximate surface area is 338 Å². The molecule has 2 saturated heterocycles. The van der Waals surface area contributed by atoms with Crippen molar-refractivity contribution < 1.29 is 22.7 Å². The van der Waals surface area contributed by atoms with Crippen LogP contribution in [0, 0.1) is 0 Å². The van der Waals surface area contributed by atoms with Crippen molar-refractivity contribution in [1.82, 2.24) is 25.9 Å². The quantitative estimate of drug-likeness (QED) is 0.0685. The van der Waals surface area contributed by atoms with Gasteiger partial charge in [-0.3, -0.25) is 19.2 Å². The standard InChI is InChI=1S/C40H49ClN10O5S/c1-56-35-24-30(10-11-32(35)47-40-44-25-31(41)38(49-40)46-33-5-3-4-27-15-23-51(37(27)33)57(2,54)55)50-21-16-28(17-22-50)43-20-19-42-18-14-26-6-8-29(9-7-26)45-34-12-13-36(52)48-39(34)53/h3-11,24-25,28,34,42-43,45H,12-23H2,1-2H3,(H,48,52,53)(H2,44,46,47,49). The number of hydrogen-bond donors (Lipinski definition) is 6. The van der Waals surface area contributed by atoms with Crippen LogP contribution in [0.2, 0.25) is 5.02 Å². The van der Waals surface area contributed by atoms with E-state index in [1.54, 1.807) is 7.11 Å². The molecule has 302 valence electrons. The van der Waals surface area contributed by atoms with E-state index in [4.69, 9.17) is 16.3 Å². The number of ether oxygens (including phenoxy) is 1. The van der Waals surface area contributed by atoms with E-state index in [0.29, 0.717) is 71.4 Å². The van der Waals surface area contributed by atoms with Gasteiger partial charge >= 0.3 is 0 Å². The van der Waals surface area contributed by atoms with E-state index in [1.807, 2.05) is 42.5 Å². The third-order valence-electron chi connectivity index (χ3n) is 10.5. The third-order valence-corrected chi connectivity index (χ3v) is 11.9. The summed E-state index contributed by atoms with van der Waals surface area (Å²) in [5, 5.41) is 19.6. The summed E-state index contributed by atoms with van der Waals surface area (Å²) >= 11 is 6.50. The van der Waals surface area contributed by atoms with Crippen LogP contribution >= 0.6 is 11.6 Å². The first-order valence-corrected chi connectivity index (χ1v) is 21.5. The monoisotopic (exact) mass is 816 g/mol. The van der Waals surface area contributed by atoms with Crippen molar-refractivity contribution in [3.63, 3.8) is 0 Å². The number of nitrogens with one attached hydrogen (secondary N) is 6. The molecule has 15 nitrogen and oxygen atoms in total. The van der Waals surface area contributed by atoms with Crippen LogP contribution in [0.15, 0.2) is 66.9 Å². The lowest BCUT2D eigenvalue weighted by molar-refractivity contribution is -0.133. The summed E-state index contributed by atoms with van der Waals surface area (Å²) in [6.07, 6.45) is 7.16. The van der Waals surface area contributed by atoms with E-state index in [2.05, 4.69) is 65.0 Å².